The summed E-state index contributed by atoms with van der Waals surface area (Å²) in [5.74, 6) is 0.538. The van der Waals surface area contributed by atoms with Gasteiger partial charge in [-0.05, 0) is 43.5 Å². The third-order valence-electron chi connectivity index (χ3n) is 5.45. The maximum Gasteiger partial charge on any atom is 0.312 e. The van der Waals surface area contributed by atoms with Crippen LogP contribution in [0.25, 0.3) is 0 Å². The van der Waals surface area contributed by atoms with Crippen molar-refractivity contribution < 1.29 is 14.9 Å². The number of aromatic nitrogens is 3. The highest BCUT2D eigenvalue weighted by molar-refractivity contribution is 5.72. The highest BCUT2D eigenvalue weighted by Gasteiger charge is 2.46. The fourth-order valence-corrected chi connectivity index (χ4v) is 3.65. The van der Waals surface area contributed by atoms with Gasteiger partial charge in [-0.2, -0.15) is 5.10 Å². The fraction of sp³-hybridized carbons (Fsp3) is 0.444. The Morgan fingerprint density at radius 2 is 2.16 bits per heavy atom. The molecule has 1 amide bonds. The van der Waals surface area contributed by atoms with Gasteiger partial charge >= 0.3 is 5.91 Å². The summed E-state index contributed by atoms with van der Waals surface area (Å²) in [4.78, 5) is 15.5. The van der Waals surface area contributed by atoms with Gasteiger partial charge in [-0.25, -0.2) is 9.18 Å². The molecule has 4 rings (SSSR count). The second kappa shape index (κ2) is 6.15. The van der Waals surface area contributed by atoms with Crippen LogP contribution >= 0.6 is 0 Å². The molecule has 0 aliphatic heterocycles. The average molecular weight is 342 g/mol. The van der Waals surface area contributed by atoms with Crippen molar-refractivity contribution in [3.05, 3.63) is 47.7 Å². The minimum absolute atomic E-state index is 0.00140. The summed E-state index contributed by atoms with van der Waals surface area (Å²) >= 11 is 0. The smallest absolute Gasteiger partial charge is 0.312 e. The van der Waals surface area contributed by atoms with Crippen molar-refractivity contribution in [2.75, 3.05) is 11.9 Å². The molecular weight excluding hydrogens is 321 g/mol. The topological polar surface area (TPSA) is 95.4 Å². The molecule has 4 N–H and O–H groups in total. The number of quaternary nitrogens is 1. The zero-order valence-corrected chi connectivity index (χ0v) is 13.9. The predicted octanol–water partition coefficient (Wildman–Crippen LogP) is 1.42. The largest absolute Gasteiger partial charge is 0.368 e. The lowest BCUT2D eigenvalue weighted by Gasteiger charge is -2.41. The van der Waals surface area contributed by atoms with Crippen LogP contribution in [0.3, 0.4) is 0 Å². The Kier molecular flexibility index (Phi) is 3.95. The van der Waals surface area contributed by atoms with Crippen molar-refractivity contribution in [1.29, 1.82) is 0 Å². The summed E-state index contributed by atoms with van der Waals surface area (Å²) in [5.41, 5.74) is 4.57. The first-order valence-corrected chi connectivity index (χ1v) is 8.63. The number of hydrogen-bond acceptors (Lipinski definition) is 5. The Bertz CT molecular complexity index is 790. The van der Waals surface area contributed by atoms with Crippen LogP contribution in [-0.2, 0) is 10.2 Å². The Labute approximate surface area is 145 Å². The number of amides is 1. The first-order chi connectivity index (χ1) is 12.1. The van der Waals surface area contributed by atoms with E-state index in [2.05, 4.69) is 26.2 Å². The highest BCUT2D eigenvalue weighted by Crippen LogP contribution is 2.46. The van der Waals surface area contributed by atoms with Gasteiger partial charge in [0, 0.05) is 24.1 Å². The molecule has 0 aromatic carbocycles. The van der Waals surface area contributed by atoms with E-state index in [1.807, 2.05) is 12.1 Å². The molecule has 7 heteroatoms. The van der Waals surface area contributed by atoms with Crippen LogP contribution in [0.1, 0.15) is 43.0 Å². The van der Waals surface area contributed by atoms with Gasteiger partial charge in [0.25, 0.3) is 0 Å². The molecule has 6 nitrogen and oxygen atoms in total. The van der Waals surface area contributed by atoms with E-state index in [0.29, 0.717) is 18.1 Å². The van der Waals surface area contributed by atoms with Gasteiger partial charge in [0.2, 0.25) is 0 Å². The van der Waals surface area contributed by atoms with Gasteiger partial charge in [-0.3, -0.25) is 10.7 Å². The number of pyridine rings is 1. The lowest BCUT2D eigenvalue weighted by molar-refractivity contribution is -0.308. The van der Waals surface area contributed by atoms with Crippen LogP contribution < -0.4 is 11.1 Å². The molecule has 2 heterocycles. The third-order valence-corrected chi connectivity index (χ3v) is 5.45. The van der Waals surface area contributed by atoms with E-state index >= 15 is 0 Å². The number of nitrogens with zero attached hydrogens (tertiary/aromatic N) is 3. The molecule has 2 aromatic rings. The van der Waals surface area contributed by atoms with Crippen LogP contribution in [0, 0.1) is 11.7 Å². The number of hydrogen-bond donors (Lipinski definition) is 2. The van der Waals surface area contributed by atoms with Crippen LogP contribution in [0.2, 0.25) is 0 Å². The molecular formula is C18H21FN5O+. The summed E-state index contributed by atoms with van der Waals surface area (Å²) in [6.07, 6.45) is 5.35. The fourth-order valence-electron chi connectivity index (χ4n) is 3.65. The lowest BCUT2D eigenvalue weighted by atomic mass is 9.66. The highest BCUT2D eigenvalue weighted by atomic mass is 19.1. The van der Waals surface area contributed by atoms with Gasteiger partial charge in [0.15, 0.2) is 0 Å². The van der Waals surface area contributed by atoms with Crippen LogP contribution in [0.4, 0.5) is 10.2 Å². The van der Waals surface area contributed by atoms with Crippen molar-refractivity contribution in [3.63, 3.8) is 0 Å². The molecule has 2 atom stereocenters. The van der Waals surface area contributed by atoms with Crippen molar-refractivity contribution in [3.8, 4) is 0 Å². The quantitative estimate of drug-likeness (QED) is 0.828. The number of nitrogens with one attached hydrogen (secondary N) is 1. The Morgan fingerprint density at radius 3 is 2.72 bits per heavy atom. The van der Waals surface area contributed by atoms with Gasteiger partial charge < -0.3 is 5.32 Å². The molecule has 0 radical (unpaired) electrons. The third kappa shape index (κ3) is 3.00. The van der Waals surface area contributed by atoms with Gasteiger partial charge in [0.05, 0.1) is 17.3 Å². The Balaban J connectivity index is 1.43. The maximum absolute atomic E-state index is 14.1. The minimum Gasteiger partial charge on any atom is -0.368 e. The van der Waals surface area contributed by atoms with E-state index in [1.54, 1.807) is 12.3 Å². The predicted molar refractivity (Wildman–Crippen MR) is 89.0 cm³/mol. The average Bonchev–Trinajstić information content (AvgIpc) is 3.37. The number of halogens is 1. The minimum atomic E-state index is -0.270. The van der Waals surface area contributed by atoms with Crippen molar-refractivity contribution in [2.45, 2.75) is 37.0 Å². The van der Waals surface area contributed by atoms with E-state index in [1.165, 1.54) is 6.07 Å². The number of carbonyl (C=O) groups excluding carboxylic acids is 1. The Hall–Kier alpha value is -2.41. The monoisotopic (exact) mass is 342 g/mol. The molecule has 2 aromatic heterocycles. The van der Waals surface area contributed by atoms with E-state index in [9.17, 15) is 9.18 Å². The van der Waals surface area contributed by atoms with Gasteiger partial charge in [0.1, 0.15) is 11.6 Å². The van der Waals surface area contributed by atoms with E-state index in [4.69, 9.17) is 0 Å². The van der Waals surface area contributed by atoms with E-state index in [-0.39, 0.29) is 29.0 Å². The van der Waals surface area contributed by atoms with E-state index < -0.39 is 0 Å². The maximum atomic E-state index is 14.1. The van der Waals surface area contributed by atoms with E-state index in [0.717, 1.165) is 31.4 Å². The van der Waals surface area contributed by atoms with Crippen molar-refractivity contribution in [2.24, 2.45) is 5.92 Å². The first-order valence-electron chi connectivity index (χ1n) is 8.63. The molecule has 0 bridgehead atoms. The Morgan fingerprint density at radius 1 is 1.32 bits per heavy atom. The number of rotatable bonds is 6. The second-order valence-electron chi connectivity index (χ2n) is 7.08. The standard InChI is InChI=1S/C18H20FN5O/c19-13-3-1-8-21-16(13)18(6-2-7-18)10-22-15-5-4-14(23-24-15)11-9-12(11)17(20)25/h1,3-5,8,11-12H,2,6-7,9-10H2,(H2,20,25)(H,22,24)/p+1. The van der Waals surface area contributed by atoms with Gasteiger partial charge in [-0.1, -0.05) is 6.42 Å². The van der Waals surface area contributed by atoms with Crippen molar-refractivity contribution >= 4 is 11.7 Å². The zero-order chi connectivity index (χ0) is 17.4. The number of carbonyl (C=O) groups is 1. The SMILES string of the molecule is [NH3+]C(=O)C1CC1c1ccc(NCC2(c3ncccc3F)CCC2)nn1. The summed E-state index contributed by atoms with van der Waals surface area (Å²) in [7, 11) is 0. The van der Waals surface area contributed by atoms with Crippen LogP contribution in [-0.4, -0.2) is 27.6 Å². The molecule has 0 saturated heterocycles. The van der Waals surface area contributed by atoms with Crippen LogP contribution in [0.15, 0.2) is 30.5 Å². The zero-order valence-electron chi connectivity index (χ0n) is 13.9. The van der Waals surface area contributed by atoms with Gasteiger partial charge in [-0.15, -0.1) is 5.10 Å². The lowest BCUT2D eigenvalue weighted by Crippen LogP contribution is -2.58. The summed E-state index contributed by atoms with van der Waals surface area (Å²) in [6.45, 7) is 0.582. The summed E-state index contributed by atoms with van der Waals surface area (Å²) < 4.78 is 14.1. The first kappa shape index (κ1) is 16.1. The number of anilines is 1. The molecule has 2 aliphatic carbocycles. The molecule has 2 fully saturated rings. The molecule has 2 aliphatic rings. The van der Waals surface area contributed by atoms with Crippen LogP contribution in [0.5, 0.6) is 0 Å². The molecule has 2 saturated carbocycles. The summed E-state index contributed by atoms with van der Waals surface area (Å²) in [6, 6.07) is 6.85. The molecule has 0 spiro atoms. The summed E-state index contributed by atoms with van der Waals surface area (Å²) in [5, 5.41) is 11.7. The second-order valence-corrected chi connectivity index (χ2v) is 7.08. The molecule has 130 valence electrons. The normalized spacial score (nSPS) is 23.6. The molecule has 25 heavy (non-hydrogen) atoms. The molecule has 2 unspecified atom stereocenters. The van der Waals surface area contributed by atoms with Crippen molar-refractivity contribution in [1.82, 2.24) is 15.2 Å².